The summed E-state index contributed by atoms with van der Waals surface area (Å²) in [5.41, 5.74) is 1.14. The van der Waals surface area contributed by atoms with Crippen molar-refractivity contribution in [3.05, 3.63) is 29.8 Å². The predicted molar refractivity (Wildman–Crippen MR) is 68.2 cm³/mol. The van der Waals surface area contributed by atoms with Crippen LogP contribution in [-0.2, 0) is 6.42 Å². The Morgan fingerprint density at radius 3 is 2.83 bits per heavy atom. The maximum Gasteiger partial charge on any atom is 0.248 e. The summed E-state index contributed by atoms with van der Waals surface area (Å²) in [5, 5.41) is 0. The fourth-order valence-corrected chi connectivity index (χ4v) is 2.56. The van der Waals surface area contributed by atoms with Gasteiger partial charge in [0.05, 0.1) is 6.61 Å². The van der Waals surface area contributed by atoms with Gasteiger partial charge in [0, 0.05) is 12.8 Å². The average Bonchev–Trinajstić information content (AvgIpc) is 2.35. The second-order valence-electron chi connectivity index (χ2n) is 5.09. The average molecular weight is 254 g/mol. The number of aryl methyl sites for hydroxylation is 1. The topological polar surface area (TPSA) is 9.23 Å². The lowest BCUT2D eigenvalue weighted by atomic mass is 9.87. The van der Waals surface area contributed by atoms with E-state index in [0.717, 1.165) is 24.2 Å². The summed E-state index contributed by atoms with van der Waals surface area (Å²) in [6, 6.07) is 7.83. The predicted octanol–water partition coefficient (Wildman–Crippen LogP) is 4.45. The van der Waals surface area contributed by atoms with Crippen molar-refractivity contribution in [2.45, 2.75) is 45.0 Å². The Balaban J connectivity index is 1.91. The molecule has 0 aliphatic heterocycles. The highest BCUT2D eigenvalue weighted by Crippen LogP contribution is 2.36. The van der Waals surface area contributed by atoms with Crippen LogP contribution in [0.5, 0.6) is 5.75 Å². The molecule has 0 saturated heterocycles. The second kappa shape index (κ2) is 5.68. The molecule has 0 spiro atoms. The second-order valence-corrected chi connectivity index (χ2v) is 5.09. The molecule has 1 aliphatic carbocycles. The molecule has 100 valence electrons. The third-order valence-corrected chi connectivity index (χ3v) is 3.57. The van der Waals surface area contributed by atoms with Crippen molar-refractivity contribution < 1.29 is 13.5 Å². The van der Waals surface area contributed by atoms with Gasteiger partial charge in [-0.15, -0.1) is 0 Å². The van der Waals surface area contributed by atoms with Gasteiger partial charge in [-0.1, -0.05) is 25.1 Å². The van der Waals surface area contributed by atoms with Gasteiger partial charge >= 0.3 is 0 Å². The van der Waals surface area contributed by atoms with Crippen molar-refractivity contribution in [3.8, 4) is 5.75 Å². The van der Waals surface area contributed by atoms with E-state index in [-0.39, 0.29) is 18.8 Å². The lowest BCUT2D eigenvalue weighted by molar-refractivity contribution is -0.0585. The van der Waals surface area contributed by atoms with Crippen LogP contribution in [0.3, 0.4) is 0 Å². The molecule has 2 rings (SSSR count). The number of hydrogen-bond donors (Lipinski definition) is 0. The largest absolute Gasteiger partial charge is 0.493 e. The molecule has 0 radical (unpaired) electrons. The van der Waals surface area contributed by atoms with Crippen molar-refractivity contribution in [1.82, 2.24) is 0 Å². The summed E-state index contributed by atoms with van der Waals surface area (Å²) in [6.07, 6.45) is 2.37. The van der Waals surface area contributed by atoms with E-state index < -0.39 is 5.92 Å². The van der Waals surface area contributed by atoms with Crippen LogP contribution in [0.25, 0.3) is 0 Å². The van der Waals surface area contributed by atoms with Gasteiger partial charge in [0.2, 0.25) is 5.92 Å². The lowest BCUT2D eigenvalue weighted by Gasteiger charge is -2.28. The van der Waals surface area contributed by atoms with Crippen LogP contribution >= 0.6 is 0 Å². The first-order chi connectivity index (χ1) is 8.61. The fourth-order valence-electron chi connectivity index (χ4n) is 2.56. The van der Waals surface area contributed by atoms with Crippen LogP contribution in [0.15, 0.2) is 24.3 Å². The number of hydrogen-bond acceptors (Lipinski definition) is 1. The van der Waals surface area contributed by atoms with Gasteiger partial charge in [-0.3, -0.25) is 0 Å². The first-order valence-corrected chi connectivity index (χ1v) is 6.69. The molecule has 1 aromatic rings. The molecular weight excluding hydrogens is 234 g/mol. The first kappa shape index (κ1) is 13.3. The molecule has 18 heavy (non-hydrogen) atoms. The van der Waals surface area contributed by atoms with Crippen LogP contribution in [0.2, 0.25) is 0 Å². The van der Waals surface area contributed by atoms with Crippen LogP contribution in [0, 0.1) is 5.92 Å². The van der Waals surface area contributed by atoms with Gasteiger partial charge < -0.3 is 4.74 Å². The van der Waals surface area contributed by atoms with E-state index in [0.29, 0.717) is 13.0 Å². The minimum atomic E-state index is -2.49. The van der Waals surface area contributed by atoms with Crippen LogP contribution in [-0.4, -0.2) is 12.5 Å². The highest BCUT2D eigenvalue weighted by Gasteiger charge is 2.36. The minimum Gasteiger partial charge on any atom is -0.493 e. The standard InChI is InChI=1S/C15H20F2O/c1-2-13-7-3-4-8-14(13)18-11-12-6-5-9-15(16,17)10-12/h3-4,7-8,12H,2,5-6,9-11H2,1H3. The maximum absolute atomic E-state index is 13.3. The van der Waals surface area contributed by atoms with Gasteiger partial charge in [-0.2, -0.15) is 0 Å². The molecule has 0 bridgehead atoms. The van der Waals surface area contributed by atoms with E-state index in [1.54, 1.807) is 0 Å². The summed E-state index contributed by atoms with van der Waals surface area (Å²) < 4.78 is 32.3. The number of para-hydroxylation sites is 1. The van der Waals surface area contributed by atoms with Crippen molar-refractivity contribution in [2.75, 3.05) is 6.61 Å². The van der Waals surface area contributed by atoms with E-state index in [9.17, 15) is 8.78 Å². The maximum atomic E-state index is 13.3. The monoisotopic (exact) mass is 254 g/mol. The highest BCUT2D eigenvalue weighted by atomic mass is 19.3. The zero-order valence-corrected chi connectivity index (χ0v) is 10.8. The highest BCUT2D eigenvalue weighted by molar-refractivity contribution is 5.33. The van der Waals surface area contributed by atoms with Gasteiger partial charge in [-0.25, -0.2) is 8.78 Å². The van der Waals surface area contributed by atoms with Crippen LogP contribution in [0.1, 0.15) is 38.2 Å². The van der Waals surface area contributed by atoms with Gasteiger partial charge in [0.25, 0.3) is 0 Å². The quantitative estimate of drug-likeness (QED) is 0.771. The van der Waals surface area contributed by atoms with Crippen molar-refractivity contribution in [1.29, 1.82) is 0 Å². The summed E-state index contributed by atoms with van der Waals surface area (Å²) in [6.45, 7) is 2.48. The SMILES string of the molecule is CCc1ccccc1OCC1CCCC(F)(F)C1. The van der Waals surface area contributed by atoms with E-state index in [2.05, 4.69) is 6.92 Å². The molecule has 0 N–H and O–H groups in total. The Bertz CT molecular complexity index is 390. The molecule has 1 aliphatic rings. The molecule has 0 heterocycles. The Kier molecular flexibility index (Phi) is 4.20. The normalized spacial score (nSPS) is 22.7. The number of halogens is 2. The Morgan fingerprint density at radius 1 is 1.33 bits per heavy atom. The molecule has 3 heteroatoms. The summed E-state index contributed by atoms with van der Waals surface area (Å²) >= 11 is 0. The zero-order valence-electron chi connectivity index (χ0n) is 10.8. The van der Waals surface area contributed by atoms with E-state index in [4.69, 9.17) is 4.74 Å². The van der Waals surface area contributed by atoms with Gasteiger partial charge in [-0.05, 0) is 36.8 Å². The molecule has 0 amide bonds. The molecule has 1 unspecified atom stereocenters. The fraction of sp³-hybridized carbons (Fsp3) is 0.600. The van der Waals surface area contributed by atoms with Crippen LogP contribution < -0.4 is 4.74 Å². The molecule has 0 aromatic heterocycles. The number of rotatable bonds is 4. The summed E-state index contributed by atoms with van der Waals surface area (Å²) in [7, 11) is 0. The zero-order chi connectivity index (χ0) is 13.0. The molecule has 1 atom stereocenters. The summed E-state index contributed by atoms with van der Waals surface area (Å²) in [5.74, 6) is -1.66. The Hall–Kier alpha value is -1.12. The van der Waals surface area contributed by atoms with Crippen molar-refractivity contribution in [3.63, 3.8) is 0 Å². The minimum absolute atomic E-state index is 0.0151. The number of alkyl halides is 2. The van der Waals surface area contributed by atoms with Crippen LogP contribution in [0.4, 0.5) is 8.78 Å². The lowest BCUT2D eigenvalue weighted by Crippen LogP contribution is -2.29. The number of ether oxygens (including phenoxy) is 1. The van der Waals surface area contributed by atoms with Crippen molar-refractivity contribution >= 4 is 0 Å². The molecule has 1 saturated carbocycles. The molecular formula is C15H20F2O. The van der Waals surface area contributed by atoms with E-state index >= 15 is 0 Å². The molecule has 1 nitrogen and oxygen atoms in total. The Labute approximate surface area is 107 Å². The third-order valence-electron chi connectivity index (χ3n) is 3.57. The molecule has 1 aromatic carbocycles. The van der Waals surface area contributed by atoms with Gasteiger partial charge in [0.15, 0.2) is 0 Å². The smallest absolute Gasteiger partial charge is 0.248 e. The first-order valence-electron chi connectivity index (χ1n) is 6.69. The van der Waals surface area contributed by atoms with Crippen molar-refractivity contribution in [2.24, 2.45) is 5.92 Å². The Morgan fingerprint density at radius 2 is 2.11 bits per heavy atom. The summed E-state index contributed by atoms with van der Waals surface area (Å²) in [4.78, 5) is 0. The number of benzene rings is 1. The van der Waals surface area contributed by atoms with Gasteiger partial charge in [0.1, 0.15) is 5.75 Å². The third kappa shape index (κ3) is 3.44. The molecule has 1 fully saturated rings. The van der Waals surface area contributed by atoms with E-state index in [1.807, 2.05) is 24.3 Å². The van der Waals surface area contributed by atoms with E-state index in [1.165, 1.54) is 0 Å².